The van der Waals surface area contributed by atoms with Crippen molar-refractivity contribution in [1.82, 2.24) is 34.3 Å². The number of imidazole rings is 2. The fourth-order valence-corrected chi connectivity index (χ4v) is 8.66. The van der Waals surface area contributed by atoms with Gasteiger partial charge in [0.15, 0.2) is 0 Å². The summed E-state index contributed by atoms with van der Waals surface area (Å²) in [7, 11) is 3.20. The summed E-state index contributed by atoms with van der Waals surface area (Å²) in [5.74, 6) is 2.76. The smallest absolute Gasteiger partial charge is 0.411 e. The SMILES string of the molecule is COc1cc(OC)cc(C2Oc3cc(-c4cnc(C5C[C@@H](F)CN5C(=O)OC(C)(C)C)[nH]4)ccc3-c3cc4cc(-c5cnc([C@@H]6CC(F)CN6C(=O)OC(C)(C)C)[nH]5)ccc4n32)c1. The number of ether oxygens (including phenoxy) is 5. The number of carbonyl (C=O) groups excluding carboxylic acids is 2. The molecule has 2 saturated heterocycles. The molecule has 3 unspecified atom stereocenters. The highest BCUT2D eigenvalue weighted by Crippen LogP contribution is 2.47. The van der Waals surface area contributed by atoms with Crippen molar-refractivity contribution in [3.05, 3.63) is 90.3 Å². The Morgan fingerprint density at radius 3 is 1.76 bits per heavy atom. The first-order valence-electron chi connectivity index (χ1n) is 21.0. The van der Waals surface area contributed by atoms with Crippen molar-refractivity contribution in [3.63, 3.8) is 0 Å². The van der Waals surface area contributed by atoms with Crippen molar-refractivity contribution in [2.24, 2.45) is 0 Å². The lowest BCUT2D eigenvalue weighted by Crippen LogP contribution is -2.37. The Morgan fingerprint density at radius 2 is 1.24 bits per heavy atom. The highest BCUT2D eigenvalue weighted by atomic mass is 19.1. The van der Waals surface area contributed by atoms with Gasteiger partial charge in [-0.25, -0.2) is 28.3 Å². The van der Waals surface area contributed by atoms with E-state index in [1.165, 1.54) is 9.80 Å². The first kappa shape index (κ1) is 41.8. The van der Waals surface area contributed by atoms with Crippen LogP contribution >= 0.6 is 0 Å². The van der Waals surface area contributed by atoms with Crippen molar-refractivity contribution in [1.29, 1.82) is 0 Å². The van der Waals surface area contributed by atoms with Gasteiger partial charge in [0.25, 0.3) is 0 Å². The van der Waals surface area contributed by atoms with Gasteiger partial charge < -0.3 is 38.2 Å². The van der Waals surface area contributed by atoms with Gasteiger partial charge in [0.2, 0.25) is 6.23 Å². The van der Waals surface area contributed by atoms with Gasteiger partial charge in [-0.05, 0) is 84.0 Å². The summed E-state index contributed by atoms with van der Waals surface area (Å²) in [6, 6.07) is 18.5. The average Bonchev–Trinajstić information content (AvgIpc) is 4.08. The van der Waals surface area contributed by atoms with Gasteiger partial charge in [-0.3, -0.25) is 9.80 Å². The van der Waals surface area contributed by atoms with Crippen LogP contribution in [0.15, 0.2) is 73.1 Å². The number of aromatic nitrogens is 5. The molecule has 5 atom stereocenters. The Morgan fingerprint density at radius 1 is 0.714 bits per heavy atom. The van der Waals surface area contributed by atoms with Gasteiger partial charge in [-0.15, -0.1) is 0 Å². The zero-order valence-electron chi connectivity index (χ0n) is 36.5. The maximum absolute atomic E-state index is 14.8. The average molecular weight is 864 g/mol. The van der Waals surface area contributed by atoms with Crippen molar-refractivity contribution in [2.45, 2.75) is 96.2 Å². The quantitative estimate of drug-likeness (QED) is 0.160. The van der Waals surface area contributed by atoms with Crippen molar-refractivity contribution < 1.29 is 42.1 Å². The third kappa shape index (κ3) is 8.14. The number of fused-ring (bicyclic) bond motifs is 5. The Bertz CT molecular complexity index is 2690. The second kappa shape index (κ2) is 15.6. The largest absolute Gasteiger partial charge is 0.497 e. The molecule has 0 bridgehead atoms. The van der Waals surface area contributed by atoms with Crippen LogP contribution in [-0.2, 0) is 9.47 Å². The molecule has 2 amide bonds. The third-order valence-electron chi connectivity index (χ3n) is 11.4. The molecule has 9 rings (SSSR count). The maximum Gasteiger partial charge on any atom is 0.411 e. The van der Waals surface area contributed by atoms with Crippen LogP contribution in [0.25, 0.3) is 44.7 Å². The molecule has 6 aromatic rings. The van der Waals surface area contributed by atoms with Gasteiger partial charge in [-0.2, -0.15) is 0 Å². The van der Waals surface area contributed by atoms with Crippen LogP contribution in [0.1, 0.15) is 89.9 Å². The van der Waals surface area contributed by atoms with E-state index >= 15 is 0 Å². The van der Waals surface area contributed by atoms with Crippen molar-refractivity contribution in [2.75, 3.05) is 27.3 Å². The number of carbonyl (C=O) groups is 2. The molecule has 3 aliphatic heterocycles. The summed E-state index contributed by atoms with van der Waals surface area (Å²) >= 11 is 0. The van der Waals surface area contributed by atoms with E-state index in [0.717, 1.165) is 38.9 Å². The van der Waals surface area contributed by atoms with Crippen LogP contribution < -0.4 is 14.2 Å². The van der Waals surface area contributed by atoms with E-state index in [1.807, 2.05) is 42.5 Å². The minimum Gasteiger partial charge on any atom is -0.497 e. The number of aromatic amines is 2. The molecular weight excluding hydrogens is 813 g/mol. The molecule has 16 heteroatoms. The Balaban J connectivity index is 1.07. The van der Waals surface area contributed by atoms with E-state index in [0.29, 0.717) is 40.3 Å². The Labute approximate surface area is 363 Å². The minimum atomic E-state index is -1.21. The molecule has 3 aliphatic rings. The monoisotopic (exact) mass is 863 g/mol. The van der Waals surface area contributed by atoms with E-state index in [4.69, 9.17) is 23.7 Å². The normalized spacial score (nSPS) is 21.0. The molecule has 0 saturated carbocycles. The molecule has 14 nitrogen and oxygen atoms in total. The van der Waals surface area contributed by atoms with Crippen molar-refractivity contribution >= 4 is 23.1 Å². The zero-order chi connectivity index (χ0) is 44.5. The number of rotatable bonds is 7. The lowest BCUT2D eigenvalue weighted by atomic mass is 10.0. The van der Waals surface area contributed by atoms with Crippen molar-refractivity contribution in [3.8, 4) is 51.0 Å². The van der Waals surface area contributed by atoms with Crippen LogP contribution in [0.4, 0.5) is 18.4 Å². The lowest BCUT2D eigenvalue weighted by molar-refractivity contribution is 0.0201. The number of amides is 2. The maximum atomic E-state index is 14.8. The molecule has 63 heavy (non-hydrogen) atoms. The van der Waals surface area contributed by atoms with E-state index < -0.39 is 54.0 Å². The predicted molar refractivity (Wildman–Crippen MR) is 231 cm³/mol. The second-order valence-electron chi connectivity index (χ2n) is 18.3. The Hall–Kier alpha value is -6.58. The fraction of sp³-hybridized carbons (Fsp3) is 0.404. The first-order valence-corrected chi connectivity index (χ1v) is 21.0. The second-order valence-corrected chi connectivity index (χ2v) is 18.3. The van der Waals surface area contributed by atoms with Crippen LogP contribution in [0.5, 0.6) is 17.2 Å². The Kier molecular flexibility index (Phi) is 10.4. The van der Waals surface area contributed by atoms with Crippen LogP contribution in [0.2, 0.25) is 0 Å². The molecule has 0 spiro atoms. The number of alkyl halides is 2. The summed E-state index contributed by atoms with van der Waals surface area (Å²) in [6.45, 7) is 10.5. The number of likely N-dealkylation sites (tertiary alicyclic amines) is 2. The number of hydrogen-bond acceptors (Lipinski definition) is 9. The topological polar surface area (TPSA) is 149 Å². The summed E-state index contributed by atoms with van der Waals surface area (Å²) in [4.78, 5) is 44.9. The van der Waals surface area contributed by atoms with E-state index in [1.54, 1.807) is 74.2 Å². The van der Waals surface area contributed by atoms with Gasteiger partial charge in [0, 0.05) is 46.5 Å². The lowest BCUT2D eigenvalue weighted by Gasteiger charge is -2.31. The van der Waals surface area contributed by atoms with E-state index in [2.05, 4.69) is 36.6 Å². The number of hydrogen-bond donors (Lipinski definition) is 2. The van der Waals surface area contributed by atoms with Gasteiger partial charge >= 0.3 is 12.2 Å². The standard InChI is InChI=1S/C47H51F2N7O7/c1-46(2,3)62-44(57)54-23-29(48)18-38(54)41-50-21-34(52-41)25-10-12-36-27(13-25)16-37-33-11-9-26(17-40(33)61-43(56(36)37)28-14-31(59-7)20-32(15-28)60-8)35-22-51-42(53-35)39-19-30(49)24-55(39)45(58)63-47(4,5)6/h9-17,20-22,29-30,38-39,43H,18-19,23-24H2,1-8H3,(H,50,52)(H,51,53)/t29?,30-,38+,39?,43?/m1/s1. The summed E-state index contributed by atoms with van der Waals surface area (Å²) < 4.78 is 61.2. The van der Waals surface area contributed by atoms with E-state index in [9.17, 15) is 18.4 Å². The van der Waals surface area contributed by atoms with Crippen LogP contribution in [0.3, 0.4) is 0 Å². The number of nitrogens with zero attached hydrogens (tertiary/aromatic N) is 5. The summed E-state index contributed by atoms with van der Waals surface area (Å²) in [6.07, 6.45) is -0.621. The number of H-pyrrole nitrogens is 2. The minimum absolute atomic E-state index is 0.0674. The molecule has 330 valence electrons. The van der Waals surface area contributed by atoms with Crippen LogP contribution in [-0.4, -0.2) is 97.3 Å². The van der Waals surface area contributed by atoms with Gasteiger partial charge in [0.1, 0.15) is 52.4 Å². The predicted octanol–water partition coefficient (Wildman–Crippen LogP) is 10.1. The van der Waals surface area contributed by atoms with Gasteiger partial charge in [0.05, 0.1) is 74.4 Å². The number of benzene rings is 3. The highest BCUT2D eigenvalue weighted by Gasteiger charge is 2.42. The number of methoxy groups -OCH3 is 2. The highest BCUT2D eigenvalue weighted by molar-refractivity contribution is 5.92. The summed E-state index contributed by atoms with van der Waals surface area (Å²) in [5.41, 5.74) is 4.99. The molecule has 3 aromatic heterocycles. The zero-order valence-corrected chi connectivity index (χ0v) is 36.5. The van der Waals surface area contributed by atoms with Gasteiger partial charge in [-0.1, -0.05) is 12.1 Å². The molecule has 0 aliphatic carbocycles. The fourth-order valence-electron chi connectivity index (χ4n) is 8.66. The molecule has 0 radical (unpaired) electrons. The number of halogens is 2. The third-order valence-corrected chi connectivity index (χ3v) is 11.4. The molecular formula is C47H51F2N7O7. The molecule has 2 N–H and O–H groups in total. The summed E-state index contributed by atoms with van der Waals surface area (Å²) in [5, 5.41) is 0.926. The van der Waals surface area contributed by atoms with E-state index in [-0.39, 0.29) is 25.9 Å². The molecule has 3 aromatic carbocycles. The first-order chi connectivity index (χ1) is 29.9. The molecule has 6 heterocycles. The molecule has 2 fully saturated rings. The number of nitrogens with one attached hydrogen (secondary N) is 2. The van der Waals surface area contributed by atoms with Crippen LogP contribution in [0, 0.1) is 0 Å².